The first-order chi connectivity index (χ1) is 37.6. The van der Waals surface area contributed by atoms with E-state index in [0.717, 1.165) is 109 Å². The molecule has 0 saturated carbocycles. The van der Waals surface area contributed by atoms with Crippen molar-refractivity contribution in [1.82, 2.24) is 0 Å². The average molecular weight is 1080 g/mol. The van der Waals surface area contributed by atoms with E-state index >= 15 is 0 Å². The van der Waals surface area contributed by atoms with Gasteiger partial charge in [-0.05, 0) is 116 Å². The second-order valence-electron chi connectivity index (χ2n) is 20.6. The van der Waals surface area contributed by atoms with Gasteiger partial charge in [0, 0.05) is 19.3 Å². The van der Waals surface area contributed by atoms with Gasteiger partial charge in [0.15, 0.2) is 24.6 Å². The highest BCUT2D eigenvalue weighted by molar-refractivity contribution is 5.74. The zero-order chi connectivity index (χ0) is 56.1. The van der Waals surface area contributed by atoms with Gasteiger partial charge in [-0.15, -0.1) is 0 Å². The summed E-state index contributed by atoms with van der Waals surface area (Å²) in [5, 5.41) is 31.5. The van der Waals surface area contributed by atoms with Crippen molar-refractivity contribution in [2.45, 2.75) is 289 Å². The summed E-state index contributed by atoms with van der Waals surface area (Å²) in [5.41, 5.74) is 0. The predicted molar refractivity (Wildman–Crippen MR) is 312 cm³/mol. The fourth-order valence-electron chi connectivity index (χ4n) is 8.74. The molecule has 12 heteroatoms. The molecule has 0 aromatic rings. The molecule has 0 bridgehead atoms. The summed E-state index contributed by atoms with van der Waals surface area (Å²) in [4.78, 5) is 51.2. The number of ether oxygens (including phenoxy) is 5. The molecule has 1 heterocycles. The van der Waals surface area contributed by atoms with Crippen molar-refractivity contribution in [3.63, 3.8) is 0 Å². The molecule has 1 saturated heterocycles. The van der Waals surface area contributed by atoms with Crippen molar-refractivity contribution >= 4 is 23.9 Å². The number of aliphatic hydroxyl groups is 2. The van der Waals surface area contributed by atoms with E-state index in [4.69, 9.17) is 23.7 Å². The lowest BCUT2D eigenvalue weighted by atomic mass is 9.98. The fourth-order valence-corrected chi connectivity index (χ4v) is 8.74. The highest BCUT2D eigenvalue weighted by Crippen LogP contribution is 2.26. The lowest BCUT2D eigenvalue weighted by Crippen LogP contribution is -2.61. The zero-order valence-corrected chi connectivity index (χ0v) is 48.4. The number of esters is 3. The molecule has 0 aromatic carbocycles. The molecule has 1 aliphatic heterocycles. The van der Waals surface area contributed by atoms with Crippen LogP contribution in [0.5, 0.6) is 0 Å². The normalized spacial score (nSPS) is 18.6. The van der Waals surface area contributed by atoms with E-state index in [9.17, 15) is 34.5 Å². The molecule has 1 fully saturated rings. The summed E-state index contributed by atoms with van der Waals surface area (Å²) in [6.07, 6.45) is 55.5. The molecule has 77 heavy (non-hydrogen) atoms. The molecule has 0 amide bonds. The monoisotopic (exact) mass is 1080 g/mol. The maximum atomic E-state index is 13.1. The third-order valence-electron chi connectivity index (χ3n) is 13.4. The van der Waals surface area contributed by atoms with Gasteiger partial charge in [-0.3, -0.25) is 14.4 Å². The summed E-state index contributed by atoms with van der Waals surface area (Å²) in [7, 11) is 0. The Bertz CT molecular complexity index is 1660. The largest absolute Gasteiger partial charge is 0.479 e. The smallest absolute Gasteiger partial charge is 0.335 e. The molecule has 1 aliphatic rings. The first-order valence-electron chi connectivity index (χ1n) is 30.6. The van der Waals surface area contributed by atoms with Crippen LogP contribution in [-0.4, -0.2) is 89.2 Å². The molecule has 6 unspecified atom stereocenters. The summed E-state index contributed by atoms with van der Waals surface area (Å²) < 4.78 is 28.4. The number of hydrogen-bond donors (Lipinski definition) is 3. The molecule has 6 atom stereocenters. The van der Waals surface area contributed by atoms with Crippen LogP contribution in [0, 0.1) is 0 Å². The van der Waals surface area contributed by atoms with Crippen LogP contribution in [-0.2, 0) is 42.9 Å². The molecule has 440 valence electrons. The molecule has 0 aliphatic carbocycles. The lowest BCUT2D eigenvalue weighted by Gasteiger charge is -2.40. The number of carbonyl (C=O) groups is 4. The zero-order valence-electron chi connectivity index (χ0n) is 48.4. The van der Waals surface area contributed by atoms with E-state index in [1.807, 2.05) is 0 Å². The minimum atomic E-state index is -1.91. The fraction of sp³-hybridized carbons (Fsp3) is 0.723. The van der Waals surface area contributed by atoms with Crippen molar-refractivity contribution < 1.29 is 58.2 Å². The van der Waals surface area contributed by atoms with E-state index < -0.39 is 67.3 Å². The number of carboxylic acid groups (broad SMARTS) is 1. The van der Waals surface area contributed by atoms with E-state index in [0.29, 0.717) is 19.3 Å². The van der Waals surface area contributed by atoms with Gasteiger partial charge < -0.3 is 39.0 Å². The van der Waals surface area contributed by atoms with E-state index in [1.165, 1.54) is 83.5 Å². The van der Waals surface area contributed by atoms with Crippen LogP contribution in [0.25, 0.3) is 0 Å². The van der Waals surface area contributed by atoms with E-state index in [-0.39, 0.29) is 25.9 Å². The van der Waals surface area contributed by atoms with Crippen molar-refractivity contribution in [3.05, 3.63) is 85.1 Å². The Balaban J connectivity index is 2.70. The van der Waals surface area contributed by atoms with Gasteiger partial charge in [0.05, 0.1) is 6.61 Å². The molecule has 1 rings (SSSR count). The summed E-state index contributed by atoms with van der Waals surface area (Å²) in [6.45, 7) is 5.80. The molecular weight excluding hydrogens is 973 g/mol. The summed E-state index contributed by atoms with van der Waals surface area (Å²) in [5.74, 6) is -3.19. The number of carboxylic acids is 1. The molecular formula is C65H108O12. The Labute approximate surface area is 467 Å². The maximum absolute atomic E-state index is 13.1. The molecule has 0 spiro atoms. The molecule has 0 radical (unpaired) electrons. The van der Waals surface area contributed by atoms with E-state index in [1.54, 1.807) is 0 Å². The standard InChI is InChI=1S/C65H108O12/c1-4-7-10-13-16-19-22-25-27-28-29-30-32-34-36-39-42-45-48-51-57(66)73-54-56(75-58(67)52-49-46-43-40-38-35-31-26-23-20-17-14-11-8-5-2)55-74-65-63(61(70)60(69)62(77-65)64(71)72)76-59(68)53-50-47-44-41-37-33-24-21-18-15-12-9-6-3/h8,11,16-17,19-21,24-27,31,38,40,56,60-63,65,69-70H,4-7,9-10,12-15,18,22-23,28-30,32-37,39,41-55H2,1-3H3,(H,71,72)/b11-8-,19-16-,20-17-,24-21-,27-25-,31-26-,40-38-. The van der Waals surface area contributed by atoms with Gasteiger partial charge in [0.2, 0.25) is 0 Å². The van der Waals surface area contributed by atoms with Crippen molar-refractivity contribution in [2.24, 2.45) is 0 Å². The number of aliphatic hydroxyl groups excluding tert-OH is 2. The minimum absolute atomic E-state index is 0.0424. The quantitative estimate of drug-likeness (QED) is 0.0228. The Morgan fingerprint density at radius 2 is 0.818 bits per heavy atom. The second kappa shape index (κ2) is 52.6. The van der Waals surface area contributed by atoms with Gasteiger partial charge in [0.25, 0.3) is 0 Å². The number of allylic oxidation sites excluding steroid dienone is 14. The third kappa shape index (κ3) is 42.5. The maximum Gasteiger partial charge on any atom is 0.335 e. The first-order valence-corrected chi connectivity index (χ1v) is 30.6. The third-order valence-corrected chi connectivity index (χ3v) is 13.4. The van der Waals surface area contributed by atoms with Crippen molar-refractivity contribution in [1.29, 1.82) is 0 Å². The Morgan fingerprint density at radius 3 is 1.31 bits per heavy atom. The van der Waals surface area contributed by atoms with Gasteiger partial charge in [-0.1, -0.05) is 202 Å². The highest BCUT2D eigenvalue weighted by atomic mass is 16.7. The second-order valence-corrected chi connectivity index (χ2v) is 20.6. The highest BCUT2D eigenvalue weighted by Gasteiger charge is 2.50. The topological polar surface area (TPSA) is 175 Å². The van der Waals surface area contributed by atoms with Crippen molar-refractivity contribution in [2.75, 3.05) is 13.2 Å². The number of hydrogen-bond acceptors (Lipinski definition) is 11. The molecule has 12 nitrogen and oxygen atoms in total. The van der Waals surface area contributed by atoms with Gasteiger partial charge >= 0.3 is 23.9 Å². The van der Waals surface area contributed by atoms with E-state index in [2.05, 4.69) is 106 Å². The van der Waals surface area contributed by atoms with Crippen LogP contribution < -0.4 is 0 Å². The van der Waals surface area contributed by atoms with Crippen LogP contribution in [0.1, 0.15) is 252 Å². The van der Waals surface area contributed by atoms with Gasteiger partial charge in [0.1, 0.15) is 18.8 Å². The average Bonchev–Trinajstić information content (AvgIpc) is 3.41. The van der Waals surface area contributed by atoms with Crippen LogP contribution >= 0.6 is 0 Å². The lowest BCUT2D eigenvalue weighted by molar-refractivity contribution is -0.301. The van der Waals surface area contributed by atoms with Gasteiger partial charge in [-0.2, -0.15) is 0 Å². The van der Waals surface area contributed by atoms with Crippen LogP contribution in [0.2, 0.25) is 0 Å². The Morgan fingerprint density at radius 1 is 0.442 bits per heavy atom. The van der Waals surface area contributed by atoms with Crippen LogP contribution in [0.3, 0.4) is 0 Å². The number of unbranched alkanes of at least 4 members (excludes halogenated alkanes) is 23. The summed E-state index contributed by atoms with van der Waals surface area (Å²) in [6, 6.07) is 0. The number of carbonyl (C=O) groups excluding carboxylic acids is 3. The van der Waals surface area contributed by atoms with Crippen LogP contribution in [0.4, 0.5) is 0 Å². The minimum Gasteiger partial charge on any atom is -0.479 e. The van der Waals surface area contributed by atoms with Gasteiger partial charge in [-0.25, -0.2) is 4.79 Å². The number of rotatable bonds is 51. The Hall–Kier alpha value is -4.10. The molecule has 3 N–H and O–H groups in total. The molecule has 0 aromatic heterocycles. The Kier molecular flexibility index (Phi) is 48.4. The van der Waals surface area contributed by atoms with Crippen LogP contribution in [0.15, 0.2) is 85.1 Å². The predicted octanol–water partition coefficient (Wildman–Crippen LogP) is 15.9. The summed E-state index contributed by atoms with van der Waals surface area (Å²) >= 11 is 0. The first kappa shape index (κ1) is 70.9. The number of aliphatic carboxylic acids is 1. The SMILES string of the molecule is CC/C=C\C/C=C\C/C=C\C/C=C\CCCCC(=O)OC(COC(=O)CCCCCCCCCCC/C=C\C/C=C\CCCCC)COC1OC(C(=O)O)C(O)C(O)C1OC(=O)CCCCCCC/C=C\CCCCCC. The van der Waals surface area contributed by atoms with Crippen molar-refractivity contribution in [3.8, 4) is 0 Å².